The SMILES string of the molecule is CNC(=O)C(C)(C)CNC/C=C/C(=O)O. The summed E-state index contributed by atoms with van der Waals surface area (Å²) in [6.07, 6.45) is 2.57. The molecule has 0 fully saturated rings. The Bertz CT molecular complexity index is 259. The standard InChI is InChI=1S/C10H18N2O3/c1-10(2,9(15)11-3)7-12-6-4-5-8(13)14/h4-5,12H,6-7H2,1-3H3,(H,11,15)(H,13,14)/b5-4+. The lowest BCUT2D eigenvalue weighted by molar-refractivity contribution is -0.131. The molecule has 0 atom stereocenters. The fourth-order valence-corrected chi connectivity index (χ4v) is 1.05. The van der Waals surface area contributed by atoms with E-state index in [-0.39, 0.29) is 5.91 Å². The quantitative estimate of drug-likeness (QED) is 0.429. The molecule has 0 aromatic carbocycles. The van der Waals surface area contributed by atoms with E-state index < -0.39 is 11.4 Å². The van der Waals surface area contributed by atoms with Crippen LogP contribution in [0.5, 0.6) is 0 Å². The normalized spacial score (nSPS) is 11.7. The van der Waals surface area contributed by atoms with E-state index in [1.165, 1.54) is 6.08 Å². The highest BCUT2D eigenvalue weighted by atomic mass is 16.4. The van der Waals surface area contributed by atoms with Crippen molar-refractivity contribution in [1.82, 2.24) is 10.6 Å². The Kier molecular flexibility index (Phi) is 5.62. The summed E-state index contributed by atoms with van der Waals surface area (Å²) in [6.45, 7) is 4.57. The van der Waals surface area contributed by atoms with Crippen molar-refractivity contribution in [3.05, 3.63) is 12.2 Å². The van der Waals surface area contributed by atoms with Crippen molar-refractivity contribution in [3.8, 4) is 0 Å². The number of aliphatic carboxylic acids is 1. The number of hydrogen-bond acceptors (Lipinski definition) is 3. The summed E-state index contributed by atoms with van der Waals surface area (Å²) < 4.78 is 0. The monoisotopic (exact) mass is 214 g/mol. The van der Waals surface area contributed by atoms with Crippen LogP contribution in [0.4, 0.5) is 0 Å². The predicted molar refractivity (Wildman–Crippen MR) is 57.5 cm³/mol. The van der Waals surface area contributed by atoms with Gasteiger partial charge in [0.1, 0.15) is 0 Å². The highest BCUT2D eigenvalue weighted by Gasteiger charge is 2.25. The summed E-state index contributed by atoms with van der Waals surface area (Å²) in [5.41, 5.74) is -0.494. The van der Waals surface area contributed by atoms with Gasteiger partial charge in [0, 0.05) is 26.2 Å². The van der Waals surface area contributed by atoms with Gasteiger partial charge in [0.25, 0.3) is 0 Å². The van der Waals surface area contributed by atoms with Gasteiger partial charge in [0.2, 0.25) is 5.91 Å². The average Bonchev–Trinajstić information content (AvgIpc) is 2.15. The highest BCUT2D eigenvalue weighted by molar-refractivity contribution is 5.81. The zero-order chi connectivity index (χ0) is 11.9. The van der Waals surface area contributed by atoms with E-state index in [2.05, 4.69) is 10.6 Å². The van der Waals surface area contributed by atoms with Crippen LogP contribution < -0.4 is 10.6 Å². The number of hydrogen-bond donors (Lipinski definition) is 3. The minimum Gasteiger partial charge on any atom is -0.478 e. The molecule has 0 rings (SSSR count). The number of nitrogens with one attached hydrogen (secondary N) is 2. The van der Waals surface area contributed by atoms with Gasteiger partial charge in [-0.3, -0.25) is 4.79 Å². The summed E-state index contributed by atoms with van der Waals surface area (Å²) in [5, 5.41) is 13.9. The van der Waals surface area contributed by atoms with Crippen molar-refractivity contribution in [3.63, 3.8) is 0 Å². The van der Waals surface area contributed by atoms with E-state index in [1.54, 1.807) is 7.05 Å². The first-order valence-corrected chi connectivity index (χ1v) is 4.72. The first-order valence-electron chi connectivity index (χ1n) is 4.72. The number of carbonyl (C=O) groups excluding carboxylic acids is 1. The molecule has 0 aliphatic rings. The molecule has 5 heteroatoms. The third-order valence-corrected chi connectivity index (χ3v) is 1.93. The van der Waals surface area contributed by atoms with Crippen LogP contribution in [0.1, 0.15) is 13.8 Å². The Balaban J connectivity index is 3.85. The summed E-state index contributed by atoms with van der Waals surface area (Å²) in [7, 11) is 1.59. The lowest BCUT2D eigenvalue weighted by Gasteiger charge is -2.22. The van der Waals surface area contributed by atoms with Crippen molar-refractivity contribution >= 4 is 11.9 Å². The van der Waals surface area contributed by atoms with Gasteiger partial charge in [-0.25, -0.2) is 4.79 Å². The molecule has 0 aromatic heterocycles. The van der Waals surface area contributed by atoms with Crippen LogP contribution in [0.2, 0.25) is 0 Å². The Hall–Kier alpha value is -1.36. The maximum Gasteiger partial charge on any atom is 0.328 e. The fourth-order valence-electron chi connectivity index (χ4n) is 1.05. The van der Waals surface area contributed by atoms with Crippen LogP contribution in [0.3, 0.4) is 0 Å². The van der Waals surface area contributed by atoms with Crippen LogP contribution >= 0.6 is 0 Å². The van der Waals surface area contributed by atoms with Crippen molar-refractivity contribution in [1.29, 1.82) is 0 Å². The molecule has 1 amide bonds. The average molecular weight is 214 g/mol. The summed E-state index contributed by atoms with van der Waals surface area (Å²) >= 11 is 0. The maximum atomic E-state index is 11.3. The molecule has 0 unspecified atom stereocenters. The minimum atomic E-state index is -0.970. The third-order valence-electron chi connectivity index (χ3n) is 1.93. The Labute approximate surface area is 89.6 Å². The van der Waals surface area contributed by atoms with Gasteiger partial charge in [-0.1, -0.05) is 6.08 Å². The molecule has 3 N–H and O–H groups in total. The van der Waals surface area contributed by atoms with Gasteiger partial charge in [0.05, 0.1) is 5.41 Å². The molecule has 0 aliphatic heterocycles. The van der Waals surface area contributed by atoms with E-state index >= 15 is 0 Å². The van der Waals surface area contributed by atoms with Crippen molar-refractivity contribution in [2.75, 3.05) is 20.1 Å². The molecular weight excluding hydrogens is 196 g/mol. The van der Waals surface area contributed by atoms with Crippen LogP contribution in [0.25, 0.3) is 0 Å². The molecule has 0 spiro atoms. The third kappa shape index (κ3) is 5.85. The van der Waals surface area contributed by atoms with Gasteiger partial charge < -0.3 is 15.7 Å². The number of rotatable bonds is 6. The second-order valence-corrected chi connectivity index (χ2v) is 3.83. The summed E-state index contributed by atoms with van der Waals surface area (Å²) in [5.74, 6) is -1.01. The van der Waals surface area contributed by atoms with Crippen LogP contribution in [0, 0.1) is 5.41 Å². The van der Waals surface area contributed by atoms with Gasteiger partial charge in [0.15, 0.2) is 0 Å². The smallest absolute Gasteiger partial charge is 0.328 e. The number of amides is 1. The molecular formula is C10H18N2O3. The molecule has 0 aromatic rings. The Morgan fingerprint density at radius 1 is 1.40 bits per heavy atom. The summed E-state index contributed by atoms with van der Waals surface area (Å²) in [6, 6.07) is 0. The lowest BCUT2D eigenvalue weighted by Crippen LogP contribution is -2.42. The van der Waals surface area contributed by atoms with Gasteiger partial charge in [-0.2, -0.15) is 0 Å². The number of carboxylic acids is 1. The van der Waals surface area contributed by atoms with Gasteiger partial charge in [-0.15, -0.1) is 0 Å². The second kappa shape index (κ2) is 6.19. The van der Waals surface area contributed by atoms with Gasteiger partial charge in [-0.05, 0) is 13.8 Å². The molecule has 86 valence electrons. The predicted octanol–water partition coefficient (Wildman–Crippen LogP) is -0.0110. The molecule has 15 heavy (non-hydrogen) atoms. The molecule has 0 radical (unpaired) electrons. The van der Waals surface area contributed by atoms with E-state index in [1.807, 2.05) is 13.8 Å². The van der Waals surface area contributed by atoms with E-state index in [0.29, 0.717) is 13.1 Å². The van der Waals surface area contributed by atoms with E-state index in [4.69, 9.17) is 5.11 Å². The topological polar surface area (TPSA) is 78.4 Å². The molecule has 0 saturated heterocycles. The molecule has 0 bridgehead atoms. The zero-order valence-corrected chi connectivity index (χ0v) is 9.33. The Morgan fingerprint density at radius 3 is 2.47 bits per heavy atom. The fraction of sp³-hybridized carbons (Fsp3) is 0.600. The van der Waals surface area contributed by atoms with Crippen molar-refractivity contribution in [2.24, 2.45) is 5.41 Å². The van der Waals surface area contributed by atoms with Crippen molar-refractivity contribution in [2.45, 2.75) is 13.8 Å². The lowest BCUT2D eigenvalue weighted by atomic mass is 9.92. The van der Waals surface area contributed by atoms with Crippen molar-refractivity contribution < 1.29 is 14.7 Å². The second-order valence-electron chi connectivity index (χ2n) is 3.83. The number of carboxylic acid groups (broad SMARTS) is 1. The first kappa shape index (κ1) is 13.6. The first-order chi connectivity index (χ1) is 6.90. The molecule has 0 saturated carbocycles. The van der Waals surface area contributed by atoms with Gasteiger partial charge >= 0.3 is 5.97 Å². The highest BCUT2D eigenvalue weighted by Crippen LogP contribution is 2.12. The molecule has 0 heterocycles. The summed E-state index contributed by atoms with van der Waals surface area (Å²) in [4.78, 5) is 21.5. The maximum absolute atomic E-state index is 11.3. The van der Waals surface area contributed by atoms with Crippen LogP contribution in [0.15, 0.2) is 12.2 Å². The van der Waals surface area contributed by atoms with E-state index in [9.17, 15) is 9.59 Å². The Morgan fingerprint density at radius 2 is 2.00 bits per heavy atom. The van der Waals surface area contributed by atoms with Crippen LogP contribution in [-0.4, -0.2) is 37.1 Å². The minimum absolute atomic E-state index is 0.0442. The largest absolute Gasteiger partial charge is 0.478 e. The number of carbonyl (C=O) groups is 2. The molecule has 0 aliphatic carbocycles. The van der Waals surface area contributed by atoms with E-state index in [0.717, 1.165) is 6.08 Å². The zero-order valence-electron chi connectivity index (χ0n) is 9.33. The van der Waals surface area contributed by atoms with Crippen LogP contribution in [-0.2, 0) is 9.59 Å². The molecule has 5 nitrogen and oxygen atoms in total.